The van der Waals surface area contributed by atoms with Crippen molar-refractivity contribution in [3.05, 3.63) is 71.8 Å². The molecule has 0 aliphatic carbocycles. The van der Waals surface area contributed by atoms with Gasteiger partial charge in [0.05, 0.1) is 0 Å². The third-order valence-corrected chi connectivity index (χ3v) is 23.5. The third kappa shape index (κ3) is 5.50. The molecule has 2 aliphatic heterocycles. The maximum absolute atomic E-state index is 5.82. The molecule has 2 bridgehead atoms. The average molecular weight is 612 g/mol. The molecule has 216 valence electrons. The van der Waals surface area contributed by atoms with Crippen molar-refractivity contribution in [2.75, 3.05) is 70.5 Å². The molecule has 0 radical (unpaired) electrons. The molecule has 0 saturated carbocycles. The highest BCUT2D eigenvalue weighted by atomic mass is 31.3. The van der Waals surface area contributed by atoms with Crippen LogP contribution in [-0.4, -0.2) is 98.3 Å². The van der Waals surface area contributed by atoms with Crippen LogP contribution in [0.5, 0.6) is 0 Å². The van der Waals surface area contributed by atoms with Gasteiger partial charge in [-0.1, -0.05) is 60.7 Å². The molecule has 0 saturated heterocycles. The number of rotatable bonds is 10. The van der Waals surface area contributed by atoms with Crippen LogP contribution < -0.4 is 5.09 Å². The van der Waals surface area contributed by atoms with Crippen LogP contribution in [0.25, 0.3) is 0 Å². The smallest absolute Gasteiger partial charge is 0.228 e. The standard InChI is InChI=1S/C24H45N11P4/c1-30(2)37(31(3)4)26-36(25-21-23-17-13-11-14-18-23)27-38(32(5)6,33(7)8)29-39(28-37,34(9)10)35(36)22-24-19-15-12-16-20-24/h11-20,25H,21-22H2,1-10H3. The molecule has 2 aromatic carbocycles. The Labute approximate surface area is 236 Å². The Bertz CT molecular complexity index is 1350. The Kier molecular flexibility index (Phi) is 9.35. The van der Waals surface area contributed by atoms with Crippen LogP contribution >= 0.6 is 30.0 Å². The summed E-state index contributed by atoms with van der Waals surface area (Å²) in [5.74, 6) is 0. The Morgan fingerprint density at radius 3 is 1.49 bits per heavy atom. The second kappa shape index (κ2) is 11.8. The lowest BCUT2D eigenvalue weighted by atomic mass is 10.2. The summed E-state index contributed by atoms with van der Waals surface area (Å²) in [7, 11) is 10.5. The molecule has 0 amide bonds. The SMILES string of the molecule is CN(C)P1(N(C)C)=NP2(NCc3ccccc3)=NP(N(C)C)(N(C)C)=NP(N(C)C)(=N1)N2Cc1ccccc1. The fourth-order valence-electron chi connectivity index (χ4n) is 4.68. The first kappa shape index (κ1) is 31.0. The third-order valence-electron chi connectivity index (χ3n) is 6.79. The summed E-state index contributed by atoms with van der Waals surface area (Å²) in [6.07, 6.45) is 0. The van der Waals surface area contributed by atoms with Gasteiger partial charge in [-0.25, -0.2) is 28.4 Å². The number of nitrogens with one attached hydrogen (secondary N) is 1. The predicted octanol–water partition coefficient (Wildman–Crippen LogP) is 6.90. The van der Waals surface area contributed by atoms with E-state index in [1.54, 1.807) is 0 Å². The Morgan fingerprint density at radius 2 is 1.03 bits per heavy atom. The number of nitrogens with zero attached hydrogens (tertiary/aromatic N) is 10. The molecule has 2 atom stereocenters. The van der Waals surface area contributed by atoms with Crippen molar-refractivity contribution < 1.29 is 0 Å². The molecule has 0 fully saturated rings. The van der Waals surface area contributed by atoms with E-state index in [0.29, 0.717) is 13.1 Å². The molecule has 2 aliphatic rings. The topological polar surface area (TPSA) is 80.9 Å². The molecule has 0 spiro atoms. The molecule has 2 unspecified atom stereocenters. The Morgan fingerprint density at radius 1 is 0.564 bits per heavy atom. The second-order valence-corrected chi connectivity index (χ2v) is 23.4. The van der Waals surface area contributed by atoms with Crippen LogP contribution in [0.1, 0.15) is 11.1 Å². The number of hydrogen-bond acceptors (Lipinski definition) is 11. The van der Waals surface area contributed by atoms with Crippen LogP contribution in [0.4, 0.5) is 0 Å². The molecule has 4 rings (SSSR count). The zero-order chi connectivity index (χ0) is 28.6. The van der Waals surface area contributed by atoms with Crippen LogP contribution in [0.3, 0.4) is 0 Å². The minimum atomic E-state index is -2.77. The lowest BCUT2D eigenvalue weighted by Crippen LogP contribution is -2.36. The highest BCUT2D eigenvalue weighted by Crippen LogP contribution is 2.90. The zero-order valence-corrected chi connectivity index (χ0v) is 28.5. The van der Waals surface area contributed by atoms with E-state index < -0.39 is 30.0 Å². The van der Waals surface area contributed by atoms with Gasteiger partial charge in [0.15, 0.2) is 0 Å². The van der Waals surface area contributed by atoms with E-state index in [1.165, 1.54) is 11.1 Å². The molecular formula is C24H45N11P4. The first-order valence-corrected chi connectivity index (χ1v) is 19.3. The average Bonchev–Trinajstić information content (AvgIpc) is 2.88. The van der Waals surface area contributed by atoms with Crippen LogP contribution in [0, 0.1) is 0 Å². The van der Waals surface area contributed by atoms with Crippen molar-refractivity contribution in [2.24, 2.45) is 18.1 Å². The van der Waals surface area contributed by atoms with Gasteiger partial charge in [0.1, 0.15) is 0 Å². The summed E-state index contributed by atoms with van der Waals surface area (Å²) >= 11 is 0. The minimum Gasteiger partial charge on any atom is -0.249 e. The fraction of sp³-hybridized carbons (Fsp3) is 0.500. The van der Waals surface area contributed by atoms with Gasteiger partial charge in [-0.3, -0.25) is 0 Å². The quantitative estimate of drug-likeness (QED) is 0.293. The maximum atomic E-state index is 5.82. The van der Waals surface area contributed by atoms with E-state index in [2.05, 4.69) is 164 Å². The minimum absolute atomic E-state index is 0.655. The van der Waals surface area contributed by atoms with E-state index in [0.717, 1.165) is 0 Å². The van der Waals surface area contributed by atoms with Crippen molar-refractivity contribution in [3.63, 3.8) is 0 Å². The van der Waals surface area contributed by atoms with E-state index >= 15 is 0 Å². The van der Waals surface area contributed by atoms with Gasteiger partial charge < -0.3 is 0 Å². The number of hydrogen-bond donors (Lipinski definition) is 1. The molecule has 2 aromatic rings. The Balaban J connectivity index is 2.14. The van der Waals surface area contributed by atoms with Gasteiger partial charge in [0, 0.05) is 13.1 Å². The number of benzene rings is 2. The normalized spacial score (nSPS) is 25.9. The van der Waals surface area contributed by atoms with Gasteiger partial charge in [-0.2, -0.15) is 22.5 Å². The maximum Gasteiger partial charge on any atom is 0.228 e. The monoisotopic (exact) mass is 611 g/mol. The fourth-order valence-corrected chi connectivity index (χ4v) is 26.6. The highest BCUT2D eigenvalue weighted by molar-refractivity contribution is 7.91. The van der Waals surface area contributed by atoms with Gasteiger partial charge in [0.25, 0.3) is 0 Å². The summed E-state index contributed by atoms with van der Waals surface area (Å²) in [5.41, 5.74) is 2.40. The first-order valence-electron chi connectivity index (χ1n) is 12.9. The molecule has 0 aromatic heterocycles. The van der Waals surface area contributed by atoms with E-state index in [1.807, 2.05) is 0 Å². The molecular weight excluding hydrogens is 566 g/mol. The van der Waals surface area contributed by atoms with Gasteiger partial charge in [-0.05, 0) is 81.6 Å². The van der Waals surface area contributed by atoms with Crippen molar-refractivity contribution in [1.82, 2.24) is 32.9 Å². The van der Waals surface area contributed by atoms with Gasteiger partial charge >= 0.3 is 0 Å². The molecule has 2 heterocycles. The van der Waals surface area contributed by atoms with E-state index in [-0.39, 0.29) is 0 Å². The van der Waals surface area contributed by atoms with Crippen molar-refractivity contribution in [2.45, 2.75) is 13.1 Å². The molecule has 15 heteroatoms. The van der Waals surface area contributed by atoms with Crippen LogP contribution in [-0.2, 0) is 13.1 Å². The first-order chi connectivity index (χ1) is 18.3. The van der Waals surface area contributed by atoms with Crippen molar-refractivity contribution >= 4 is 30.0 Å². The Hall–Kier alpha value is -0.920. The molecule has 39 heavy (non-hydrogen) atoms. The summed E-state index contributed by atoms with van der Waals surface area (Å²) in [5, 5.41) is 4.00. The van der Waals surface area contributed by atoms with Crippen molar-refractivity contribution in [3.8, 4) is 0 Å². The van der Waals surface area contributed by atoms with E-state index in [9.17, 15) is 0 Å². The lowest BCUT2D eigenvalue weighted by Gasteiger charge is -2.54. The van der Waals surface area contributed by atoms with E-state index in [4.69, 9.17) is 18.1 Å². The summed E-state index contributed by atoms with van der Waals surface area (Å²) in [4.78, 5) is 0. The molecule has 1 N–H and O–H groups in total. The highest BCUT2D eigenvalue weighted by Gasteiger charge is 2.55. The van der Waals surface area contributed by atoms with Gasteiger partial charge in [0.2, 0.25) is 30.0 Å². The number of fused-ring (bicyclic) bond motifs is 2. The second-order valence-electron chi connectivity index (χ2n) is 10.6. The van der Waals surface area contributed by atoms with Crippen LogP contribution in [0.2, 0.25) is 0 Å². The predicted molar refractivity (Wildman–Crippen MR) is 171 cm³/mol. The summed E-state index contributed by atoms with van der Waals surface area (Å²) in [6.45, 7) is 1.31. The molecule has 11 nitrogen and oxygen atoms in total. The van der Waals surface area contributed by atoms with Crippen LogP contribution in [0.15, 0.2) is 78.7 Å². The summed E-state index contributed by atoms with van der Waals surface area (Å²) < 4.78 is 36.7. The van der Waals surface area contributed by atoms with Gasteiger partial charge in [-0.15, -0.1) is 0 Å². The van der Waals surface area contributed by atoms with Crippen molar-refractivity contribution in [1.29, 1.82) is 0 Å². The zero-order valence-electron chi connectivity index (χ0n) is 24.9. The largest absolute Gasteiger partial charge is 0.249 e. The summed E-state index contributed by atoms with van der Waals surface area (Å²) in [6, 6.07) is 21.1. The lowest BCUT2D eigenvalue weighted by molar-refractivity contribution is 0.530.